The van der Waals surface area contributed by atoms with Gasteiger partial charge in [0.1, 0.15) is 11.6 Å². The van der Waals surface area contributed by atoms with Gasteiger partial charge >= 0.3 is 0 Å². The molecule has 0 amide bonds. The van der Waals surface area contributed by atoms with Crippen molar-refractivity contribution < 1.29 is 4.74 Å². The van der Waals surface area contributed by atoms with Crippen LogP contribution < -0.4 is 10.1 Å². The highest BCUT2D eigenvalue weighted by atomic mass is 16.5. The molecule has 1 aromatic carbocycles. The normalized spacial score (nSPS) is 15.3. The lowest BCUT2D eigenvalue weighted by molar-refractivity contribution is 0.219. The number of rotatable bonds is 5. The minimum atomic E-state index is 0.779. The molecule has 6 nitrogen and oxygen atoms in total. The summed E-state index contributed by atoms with van der Waals surface area (Å²) in [7, 11) is 1.70. The second kappa shape index (κ2) is 7.33. The molecule has 3 aromatic rings. The van der Waals surface area contributed by atoms with Crippen molar-refractivity contribution in [2.24, 2.45) is 0 Å². The number of hydrogen-bond acceptors (Lipinski definition) is 5. The first-order valence-electron chi connectivity index (χ1n) is 9.20. The molecule has 0 bridgehead atoms. The maximum atomic E-state index is 5.41. The number of aromatic amines is 1. The topological polar surface area (TPSA) is 66.1 Å². The smallest absolute Gasteiger partial charge is 0.153 e. The van der Waals surface area contributed by atoms with Crippen molar-refractivity contribution in [3.8, 4) is 5.75 Å². The van der Waals surface area contributed by atoms with Crippen molar-refractivity contribution in [2.45, 2.75) is 32.7 Å². The summed E-state index contributed by atoms with van der Waals surface area (Å²) in [6, 6.07) is 10.2. The van der Waals surface area contributed by atoms with E-state index in [0.717, 1.165) is 53.8 Å². The SMILES string of the molecule is COc1ccc2c(CN3CCCCC3)nc(Nc3cc(C)[nH]n3)cc2c1. The molecule has 136 valence electrons. The van der Waals surface area contributed by atoms with Crippen LogP contribution in [-0.4, -0.2) is 40.3 Å². The molecular weight excluding hydrogens is 326 g/mol. The standard InChI is InChI=1S/C20H25N5O/c1-14-10-20(24-23-14)22-19-12-15-11-16(26-2)6-7-17(15)18(21-19)13-25-8-4-3-5-9-25/h6-7,10-12H,3-5,8-9,13H2,1-2H3,(H2,21,22,23,24). The summed E-state index contributed by atoms with van der Waals surface area (Å²) in [6.45, 7) is 5.15. The van der Waals surface area contributed by atoms with Gasteiger partial charge in [-0.1, -0.05) is 6.42 Å². The highest BCUT2D eigenvalue weighted by Gasteiger charge is 2.15. The molecule has 1 fully saturated rings. The summed E-state index contributed by atoms with van der Waals surface area (Å²) in [5.74, 6) is 2.44. The Labute approximate surface area is 153 Å². The monoisotopic (exact) mass is 351 g/mol. The molecule has 0 aliphatic carbocycles. The first-order chi connectivity index (χ1) is 12.7. The Bertz CT molecular complexity index is 898. The number of likely N-dealkylation sites (tertiary alicyclic amines) is 1. The molecule has 2 N–H and O–H groups in total. The number of anilines is 2. The van der Waals surface area contributed by atoms with E-state index < -0.39 is 0 Å². The zero-order valence-electron chi connectivity index (χ0n) is 15.4. The number of aromatic nitrogens is 3. The summed E-state index contributed by atoms with van der Waals surface area (Å²) >= 11 is 0. The van der Waals surface area contributed by atoms with E-state index in [1.165, 1.54) is 24.6 Å². The maximum absolute atomic E-state index is 5.41. The highest BCUT2D eigenvalue weighted by Crippen LogP contribution is 2.28. The van der Waals surface area contributed by atoms with E-state index >= 15 is 0 Å². The van der Waals surface area contributed by atoms with Crippen molar-refractivity contribution in [3.05, 3.63) is 41.7 Å². The molecule has 0 spiro atoms. The summed E-state index contributed by atoms with van der Waals surface area (Å²) in [6.07, 6.45) is 3.88. The summed E-state index contributed by atoms with van der Waals surface area (Å²) < 4.78 is 5.41. The molecule has 2 aromatic heterocycles. The number of fused-ring (bicyclic) bond motifs is 1. The fourth-order valence-corrected chi connectivity index (χ4v) is 3.56. The maximum Gasteiger partial charge on any atom is 0.153 e. The molecule has 3 heterocycles. The van der Waals surface area contributed by atoms with Crippen molar-refractivity contribution in [1.82, 2.24) is 20.1 Å². The largest absolute Gasteiger partial charge is 0.497 e. The molecule has 26 heavy (non-hydrogen) atoms. The molecule has 0 unspecified atom stereocenters. The van der Waals surface area contributed by atoms with E-state index in [4.69, 9.17) is 9.72 Å². The summed E-state index contributed by atoms with van der Waals surface area (Å²) in [5.41, 5.74) is 2.12. The average molecular weight is 351 g/mol. The van der Waals surface area contributed by atoms with Crippen LogP contribution in [0.5, 0.6) is 5.75 Å². The van der Waals surface area contributed by atoms with Crippen LogP contribution in [0.15, 0.2) is 30.3 Å². The minimum absolute atomic E-state index is 0.779. The number of aryl methyl sites for hydroxylation is 1. The van der Waals surface area contributed by atoms with Gasteiger partial charge in [0.2, 0.25) is 0 Å². The van der Waals surface area contributed by atoms with E-state index in [-0.39, 0.29) is 0 Å². The number of pyridine rings is 1. The second-order valence-corrected chi connectivity index (χ2v) is 6.94. The number of benzene rings is 1. The predicted octanol–water partition coefficient (Wildman–Crippen LogP) is 4.00. The fourth-order valence-electron chi connectivity index (χ4n) is 3.56. The highest BCUT2D eigenvalue weighted by molar-refractivity contribution is 5.88. The number of nitrogens with one attached hydrogen (secondary N) is 2. The van der Waals surface area contributed by atoms with Gasteiger partial charge in [0.25, 0.3) is 0 Å². The Hall–Kier alpha value is -2.60. The van der Waals surface area contributed by atoms with Gasteiger partial charge in [-0.15, -0.1) is 0 Å². The Morgan fingerprint density at radius 1 is 1.12 bits per heavy atom. The average Bonchev–Trinajstić information content (AvgIpc) is 3.06. The van der Waals surface area contributed by atoms with Gasteiger partial charge in [0.15, 0.2) is 5.82 Å². The third-order valence-electron chi connectivity index (χ3n) is 4.90. The molecule has 1 saturated heterocycles. The van der Waals surface area contributed by atoms with Gasteiger partial charge in [-0.25, -0.2) is 4.98 Å². The molecular formula is C20H25N5O. The number of piperidine rings is 1. The predicted molar refractivity (Wildman–Crippen MR) is 104 cm³/mol. The third kappa shape index (κ3) is 3.65. The van der Waals surface area contributed by atoms with E-state index in [1.807, 2.05) is 19.1 Å². The number of methoxy groups -OCH3 is 1. The zero-order chi connectivity index (χ0) is 17.9. The molecule has 6 heteroatoms. The van der Waals surface area contributed by atoms with Crippen LogP contribution in [0.25, 0.3) is 10.8 Å². The van der Waals surface area contributed by atoms with Crippen LogP contribution in [0.3, 0.4) is 0 Å². The number of hydrogen-bond donors (Lipinski definition) is 2. The van der Waals surface area contributed by atoms with Gasteiger partial charge in [-0.05, 0) is 62.5 Å². The Morgan fingerprint density at radius 3 is 2.69 bits per heavy atom. The van der Waals surface area contributed by atoms with E-state index in [2.05, 4.69) is 38.6 Å². The van der Waals surface area contributed by atoms with Crippen molar-refractivity contribution in [1.29, 1.82) is 0 Å². The van der Waals surface area contributed by atoms with Crippen molar-refractivity contribution in [3.63, 3.8) is 0 Å². The third-order valence-corrected chi connectivity index (χ3v) is 4.90. The van der Waals surface area contributed by atoms with Crippen LogP contribution in [0, 0.1) is 6.92 Å². The first kappa shape index (κ1) is 16.8. The Balaban J connectivity index is 1.71. The van der Waals surface area contributed by atoms with Gasteiger partial charge in [-0.3, -0.25) is 10.00 Å². The quantitative estimate of drug-likeness (QED) is 0.727. The van der Waals surface area contributed by atoms with Gasteiger partial charge in [0.05, 0.1) is 12.8 Å². The zero-order valence-corrected chi connectivity index (χ0v) is 15.4. The number of nitrogens with zero attached hydrogens (tertiary/aromatic N) is 3. The van der Waals surface area contributed by atoms with Crippen LogP contribution in [0.1, 0.15) is 30.7 Å². The van der Waals surface area contributed by atoms with Crippen molar-refractivity contribution in [2.75, 3.05) is 25.5 Å². The Morgan fingerprint density at radius 2 is 1.96 bits per heavy atom. The Kier molecular flexibility index (Phi) is 4.75. The lowest BCUT2D eigenvalue weighted by Crippen LogP contribution is -2.29. The molecule has 0 saturated carbocycles. The van der Waals surface area contributed by atoms with E-state index in [1.54, 1.807) is 7.11 Å². The fraction of sp³-hybridized carbons (Fsp3) is 0.400. The van der Waals surface area contributed by atoms with Gasteiger partial charge in [0, 0.05) is 23.7 Å². The molecule has 0 radical (unpaired) electrons. The number of ether oxygens (including phenoxy) is 1. The van der Waals surface area contributed by atoms with Crippen LogP contribution in [0.2, 0.25) is 0 Å². The minimum Gasteiger partial charge on any atom is -0.497 e. The molecule has 4 rings (SSSR count). The second-order valence-electron chi connectivity index (χ2n) is 6.94. The van der Waals surface area contributed by atoms with E-state index in [9.17, 15) is 0 Å². The summed E-state index contributed by atoms with van der Waals surface area (Å²) in [5, 5.41) is 12.8. The first-order valence-corrected chi connectivity index (χ1v) is 9.20. The lowest BCUT2D eigenvalue weighted by Gasteiger charge is -2.26. The van der Waals surface area contributed by atoms with Crippen LogP contribution in [0.4, 0.5) is 11.6 Å². The van der Waals surface area contributed by atoms with E-state index in [0.29, 0.717) is 0 Å². The molecule has 0 atom stereocenters. The molecule has 1 aliphatic rings. The van der Waals surface area contributed by atoms with Crippen LogP contribution >= 0.6 is 0 Å². The summed E-state index contributed by atoms with van der Waals surface area (Å²) in [4.78, 5) is 7.41. The molecule has 1 aliphatic heterocycles. The number of H-pyrrole nitrogens is 1. The van der Waals surface area contributed by atoms with Crippen molar-refractivity contribution >= 4 is 22.4 Å². The van der Waals surface area contributed by atoms with Gasteiger partial charge < -0.3 is 10.1 Å². The van der Waals surface area contributed by atoms with Crippen LogP contribution in [-0.2, 0) is 6.54 Å². The van der Waals surface area contributed by atoms with Gasteiger partial charge in [-0.2, -0.15) is 5.10 Å². The lowest BCUT2D eigenvalue weighted by atomic mass is 10.1.